The van der Waals surface area contributed by atoms with Crippen LogP contribution in [0.25, 0.3) is 0 Å². The number of hydrogen-bond donors (Lipinski definition) is 2. The minimum Gasteiger partial charge on any atom is -0.397 e. The Morgan fingerprint density at radius 2 is 2.16 bits per heavy atom. The van der Waals surface area contributed by atoms with Crippen molar-refractivity contribution >= 4 is 33.2 Å². The van der Waals surface area contributed by atoms with Gasteiger partial charge in [-0.15, -0.1) is 11.8 Å². The lowest BCUT2D eigenvalue weighted by molar-refractivity contribution is 0.597. The topological polar surface area (TPSA) is 72.2 Å². The number of benzene rings is 1. The molecule has 1 aliphatic carbocycles. The van der Waals surface area contributed by atoms with Crippen LogP contribution in [0.3, 0.4) is 0 Å². The van der Waals surface area contributed by atoms with Crippen LogP contribution in [0.1, 0.15) is 26.2 Å². The lowest BCUT2D eigenvalue weighted by atomic mass is 10.3. The third-order valence-electron chi connectivity index (χ3n) is 2.92. The van der Waals surface area contributed by atoms with E-state index in [1.54, 1.807) is 17.8 Å². The number of nitrogens with one attached hydrogen (secondary N) is 1. The van der Waals surface area contributed by atoms with Gasteiger partial charge in [-0.2, -0.15) is 0 Å². The maximum atomic E-state index is 12.0. The van der Waals surface area contributed by atoms with Gasteiger partial charge >= 0.3 is 0 Å². The first-order valence-corrected chi connectivity index (χ1v) is 9.17. The van der Waals surface area contributed by atoms with E-state index in [0.717, 1.165) is 29.9 Å². The van der Waals surface area contributed by atoms with Crippen molar-refractivity contribution in [2.24, 2.45) is 5.92 Å². The summed E-state index contributed by atoms with van der Waals surface area (Å²) in [6, 6.07) is 5.50. The van der Waals surface area contributed by atoms with Crippen LogP contribution in [0.2, 0.25) is 0 Å². The molecule has 0 bridgehead atoms. The normalized spacial score (nSPS) is 15.4. The largest absolute Gasteiger partial charge is 0.397 e. The number of nitrogen functional groups attached to an aromatic ring is 1. The van der Waals surface area contributed by atoms with Gasteiger partial charge in [0.1, 0.15) is 0 Å². The van der Waals surface area contributed by atoms with Crippen LogP contribution in [0, 0.1) is 5.92 Å². The second-order valence-corrected chi connectivity index (χ2v) is 7.86. The minimum absolute atomic E-state index is 0.207. The third-order valence-corrected chi connectivity index (χ3v) is 5.56. The van der Waals surface area contributed by atoms with Gasteiger partial charge in [-0.3, -0.25) is 4.72 Å². The van der Waals surface area contributed by atoms with Crippen molar-refractivity contribution in [3.8, 4) is 0 Å². The molecule has 1 aromatic rings. The average Bonchev–Trinajstić information content (AvgIpc) is 3.13. The van der Waals surface area contributed by atoms with Crippen molar-refractivity contribution in [2.75, 3.05) is 22.0 Å². The Morgan fingerprint density at radius 3 is 2.79 bits per heavy atom. The second kappa shape index (κ2) is 6.05. The number of rotatable bonds is 7. The van der Waals surface area contributed by atoms with Gasteiger partial charge in [-0.1, -0.05) is 6.92 Å². The van der Waals surface area contributed by atoms with E-state index in [9.17, 15) is 8.42 Å². The van der Waals surface area contributed by atoms with E-state index in [1.165, 1.54) is 0 Å². The lowest BCUT2D eigenvalue weighted by Crippen LogP contribution is -2.18. The van der Waals surface area contributed by atoms with Gasteiger partial charge in [-0.05, 0) is 49.1 Å². The lowest BCUT2D eigenvalue weighted by Gasteiger charge is -2.11. The van der Waals surface area contributed by atoms with Crippen molar-refractivity contribution in [1.29, 1.82) is 0 Å². The summed E-state index contributed by atoms with van der Waals surface area (Å²) in [7, 11) is -3.27. The van der Waals surface area contributed by atoms with Crippen LogP contribution < -0.4 is 10.5 Å². The maximum absolute atomic E-state index is 12.0. The van der Waals surface area contributed by atoms with Crippen LogP contribution in [0.15, 0.2) is 23.1 Å². The Hall–Kier alpha value is -0.880. The Labute approximate surface area is 119 Å². The monoisotopic (exact) mass is 300 g/mol. The molecule has 2 rings (SSSR count). The smallest absolute Gasteiger partial charge is 0.233 e. The van der Waals surface area contributed by atoms with Crippen LogP contribution in [0.4, 0.5) is 11.4 Å². The molecule has 0 atom stereocenters. The molecule has 19 heavy (non-hydrogen) atoms. The summed E-state index contributed by atoms with van der Waals surface area (Å²) in [6.07, 6.45) is 3.11. The van der Waals surface area contributed by atoms with Gasteiger partial charge in [0.2, 0.25) is 10.0 Å². The zero-order valence-electron chi connectivity index (χ0n) is 11.1. The SMILES string of the molecule is CCCSc1ccc(N)c(NS(=O)(=O)CC2CC2)c1. The molecule has 0 amide bonds. The van der Waals surface area contributed by atoms with Crippen molar-refractivity contribution in [1.82, 2.24) is 0 Å². The highest BCUT2D eigenvalue weighted by atomic mass is 32.2. The summed E-state index contributed by atoms with van der Waals surface area (Å²) in [4.78, 5) is 1.04. The molecule has 1 aliphatic rings. The van der Waals surface area contributed by atoms with E-state index in [4.69, 9.17) is 5.73 Å². The first-order valence-electron chi connectivity index (χ1n) is 6.53. The Morgan fingerprint density at radius 1 is 1.42 bits per heavy atom. The van der Waals surface area contributed by atoms with Gasteiger partial charge in [0, 0.05) is 4.90 Å². The molecule has 1 fully saturated rings. The highest BCUT2D eigenvalue weighted by Crippen LogP contribution is 2.32. The Kier molecular flexibility index (Phi) is 4.62. The quantitative estimate of drug-likeness (QED) is 0.600. The van der Waals surface area contributed by atoms with Crippen LogP contribution >= 0.6 is 11.8 Å². The zero-order valence-corrected chi connectivity index (χ0v) is 12.7. The highest BCUT2D eigenvalue weighted by Gasteiger charge is 2.28. The fourth-order valence-electron chi connectivity index (χ4n) is 1.74. The number of sulfonamides is 1. The van der Waals surface area contributed by atoms with Gasteiger partial charge in [0.05, 0.1) is 17.1 Å². The van der Waals surface area contributed by atoms with Crippen LogP contribution in [0.5, 0.6) is 0 Å². The summed E-state index contributed by atoms with van der Waals surface area (Å²) < 4.78 is 26.5. The second-order valence-electron chi connectivity index (χ2n) is 4.92. The predicted molar refractivity (Wildman–Crippen MR) is 82.0 cm³/mol. The molecule has 0 unspecified atom stereocenters. The van der Waals surface area contributed by atoms with E-state index in [-0.39, 0.29) is 5.75 Å². The fraction of sp³-hybridized carbons (Fsp3) is 0.538. The fourth-order valence-corrected chi connectivity index (χ4v) is 4.09. The predicted octanol–water partition coefficient (Wildman–Crippen LogP) is 2.92. The van der Waals surface area contributed by atoms with Crippen molar-refractivity contribution in [2.45, 2.75) is 31.1 Å². The molecule has 6 heteroatoms. The summed E-state index contributed by atoms with van der Waals surface area (Å²) in [5, 5.41) is 0. The molecule has 4 nitrogen and oxygen atoms in total. The van der Waals surface area contributed by atoms with Gasteiger partial charge in [0.15, 0.2) is 0 Å². The molecule has 1 aromatic carbocycles. The molecule has 0 radical (unpaired) electrons. The summed E-state index contributed by atoms with van der Waals surface area (Å²) >= 11 is 1.71. The molecule has 0 aromatic heterocycles. The van der Waals surface area contributed by atoms with Crippen LogP contribution in [-0.4, -0.2) is 19.9 Å². The third kappa shape index (κ3) is 4.62. The van der Waals surface area contributed by atoms with Crippen molar-refractivity contribution in [3.63, 3.8) is 0 Å². The van der Waals surface area contributed by atoms with E-state index in [0.29, 0.717) is 17.3 Å². The van der Waals surface area contributed by atoms with E-state index < -0.39 is 10.0 Å². The van der Waals surface area contributed by atoms with Gasteiger partial charge in [0.25, 0.3) is 0 Å². The first kappa shape index (κ1) is 14.5. The Balaban J connectivity index is 2.09. The van der Waals surface area contributed by atoms with Gasteiger partial charge in [-0.25, -0.2) is 8.42 Å². The molecular formula is C13H20N2O2S2. The van der Waals surface area contributed by atoms with Crippen LogP contribution in [-0.2, 0) is 10.0 Å². The molecule has 0 aliphatic heterocycles. The average molecular weight is 300 g/mol. The molecular weight excluding hydrogens is 280 g/mol. The first-order chi connectivity index (χ1) is 9.00. The summed E-state index contributed by atoms with van der Waals surface area (Å²) in [5.74, 6) is 1.55. The van der Waals surface area contributed by atoms with E-state index >= 15 is 0 Å². The standard InChI is InChI=1S/C13H20N2O2S2/c1-2-7-18-11-5-6-12(14)13(8-11)15-19(16,17)9-10-3-4-10/h5-6,8,10,15H,2-4,7,9,14H2,1H3. The molecule has 0 saturated heterocycles. The maximum Gasteiger partial charge on any atom is 0.233 e. The van der Waals surface area contributed by atoms with Gasteiger partial charge < -0.3 is 5.73 Å². The zero-order chi connectivity index (χ0) is 13.9. The molecule has 0 heterocycles. The van der Waals surface area contributed by atoms with E-state index in [1.807, 2.05) is 12.1 Å². The summed E-state index contributed by atoms with van der Waals surface area (Å²) in [6.45, 7) is 2.11. The number of anilines is 2. The highest BCUT2D eigenvalue weighted by molar-refractivity contribution is 7.99. The Bertz CT molecular complexity index is 540. The molecule has 0 spiro atoms. The minimum atomic E-state index is -3.27. The number of hydrogen-bond acceptors (Lipinski definition) is 4. The van der Waals surface area contributed by atoms with Crippen molar-refractivity contribution < 1.29 is 8.42 Å². The van der Waals surface area contributed by atoms with Crippen molar-refractivity contribution in [3.05, 3.63) is 18.2 Å². The molecule has 3 N–H and O–H groups in total. The van der Waals surface area contributed by atoms with E-state index in [2.05, 4.69) is 11.6 Å². The molecule has 1 saturated carbocycles. The number of nitrogens with two attached hydrogens (primary N) is 1. The number of thioether (sulfide) groups is 1. The molecule has 106 valence electrons. The summed E-state index contributed by atoms with van der Waals surface area (Å²) in [5.41, 5.74) is 6.81.